The van der Waals surface area contributed by atoms with Crippen molar-refractivity contribution in [1.82, 2.24) is 10.2 Å². The van der Waals surface area contributed by atoms with E-state index in [0.717, 1.165) is 11.1 Å². The molecule has 0 aliphatic carbocycles. The number of hydrogen-bond acceptors (Lipinski definition) is 7. The van der Waals surface area contributed by atoms with E-state index >= 15 is 0 Å². The van der Waals surface area contributed by atoms with Gasteiger partial charge in [0.1, 0.15) is 23.4 Å². The Balaban J connectivity index is 2.53. The Labute approximate surface area is 235 Å². The lowest BCUT2D eigenvalue weighted by molar-refractivity contribution is -0.141. The molecular weight excluding hydrogens is 518 g/mol. The summed E-state index contributed by atoms with van der Waals surface area (Å²) >= 11 is 1.53. The maximum Gasteiger partial charge on any atom is 0.408 e. The van der Waals surface area contributed by atoms with E-state index in [9.17, 15) is 19.5 Å². The second kappa shape index (κ2) is 14.8. The molecular formula is C29H41N3O6S. The Hall–Kier alpha value is -3.24. The van der Waals surface area contributed by atoms with E-state index in [-0.39, 0.29) is 13.2 Å². The van der Waals surface area contributed by atoms with Crippen LogP contribution in [-0.4, -0.2) is 71.8 Å². The van der Waals surface area contributed by atoms with Crippen molar-refractivity contribution in [3.8, 4) is 5.75 Å². The zero-order chi connectivity index (χ0) is 29.2. The number of ether oxygens (including phenoxy) is 2. The van der Waals surface area contributed by atoms with E-state index in [4.69, 9.17) is 9.47 Å². The van der Waals surface area contributed by atoms with Crippen LogP contribution in [0.2, 0.25) is 0 Å². The van der Waals surface area contributed by atoms with Crippen LogP contribution in [0, 0.1) is 13.8 Å². The Kier molecular flexibility index (Phi) is 12.1. The molecule has 0 aromatic heterocycles. The van der Waals surface area contributed by atoms with Crippen LogP contribution < -0.4 is 15.4 Å². The van der Waals surface area contributed by atoms with Crippen LogP contribution in [0.3, 0.4) is 0 Å². The molecule has 0 spiro atoms. The standard InChI is InChI=1S/C29H41N3O6S/c1-19-9-8-10-20(2)24(19)25(26(34)30-21-11-13-22(37-6)14-12-21)32(16-17-33)27(35)23(15-18-39-7)31-28(36)38-29(3,4)5/h8-14,23,25,33H,15-18H2,1-7H3,(H,30,34)(H,31,36). The topological polar surface area (TPSA) is 117 Å². The van der Waals surface area contributed by atoms with Crippen molar-refractivity contribution in [2.24, 2.45) is 0 Å². The predicted octanol–water partition coefficient (Wildman–Crippen LogP) is 4.46. The molecule has 10 heteroatoms. The first-order valence-electron chi connectivity index (χ1n) is 12.8. The van der Waals surface area contributed by atoms with Crippen LogP contribution in [0.5, 0.6) is 5.75 Å². The molecule has 9 nitrogen and oxygen atoms in total. The number of rotatable bonds is 12. The molecule has 0 aliphatic heterocycles. The van der Waals surface area contributed by atoms with Gasteiger partial charge in [-0.3, -0.25) is 9.59 Å². The number of methoxy groups -OCH3 is 1. The highest BCUT2D eigenvalue weighted by atomic mass is 32.2. The van der Waals surface area contributed by atoms with E-state index in [0.29, 0.717) is 29.2 Å². The minimum Gasteiger partial charge on any atom is -0.497 e. The van der Waals surface area contributed by atoms with Crippen LogP contribution in [0.4, 0.5) is 10.5 Å². The normalized spacial score (nSPS) is 12.7. The minimum absolute atomic E-state index is 0.112. The van der Waals surface area contributed by atoms with Crippen LogP contribution in [0.15, 0.2) is 42.5 Å². The maximum absolute atomic E-state index is 14.1. The van der Waals surface area contributed by atoms with E-state index in [2.05, 4.69) is 10.6 Å². The summed E-state index contributed by atoms with van der Waals surface area (Å²) in [6.45, 7) is 8.49. The lowest BCUT2D eigenvalue weighted by Crippen LogP contribution is -2.53. The lowest BCUT2D eigenvalue weighted by Gasteiger charge is -2.35. The summed E-state index contributed by atoms with van der Waals surface area (Å²) in [6.07, 6.45) is 1.50. The van der Waals surface area contributed by atoms with Crippen molar-refractivity contribution < 1.29 is 29.0 Å². The second-order valence-corrected chi connectivity index (χ2v) is 11.1. The van der Waals surface area contributed by atoms with Gasteiger partial charge in [-0.15, -0.1) is 0 Å². The van der Waals surface area contributed by atoms with E-state index < -0.39 is 35.6 Å². The summed E-state index contributed by atoms with van der Waals surface area (Å²) in [5, 5.41) is 15.6. The van der Waals surface area contributed by atoms with Gasteiger partial charge in [0.15, 0.2) is 0 Å². The summed E-state index contributed by atoms with van der Waals surface area (Å²) in [5.41, 5.74) is 2.08. The number of amides is 3. The molecule has 0 heterocycles. The molecule has 2 unspecified atom stereocenters. The largest absolute Gasteiger partial charge is 0.497 e. The van der Waals surface area contributed by atoms with Crippen LogP contribution in [-0.2, 0) is 14.3 Å². The third-order valence-electron chi connectivity index (χ3n) is 5.96. The number of anilines is 1. The summed E-state index contributed by atoms with van der Waals surface area (Å²) in [6, 6.07) is 10.5. The van der Waals surface area contributed by atoms with Gasteiger partial charge in [-0.2, -0.15) is 11.8 Å². The monoisotopic (exact) mass is 559 g/mol. The fourth-order valence-electron chi connectivity index (χ4n) is 4.19. The highest BCUT2D eigenvalue weighted by Crippen LogP contribution is 2.30. The van der Waals surface area contributed by atoms with Crippen molar-refractivity contribution >= 4 is 35.4 Å². The number of aliphatic hydroxyl groups excluding tert-OH is 1. The third-order valence-corrected chi connectivity index (χ3v) is 6.60. The SMILES string of the molecule is COc1ccc(NC(=O)C(c2c(C)cccc2C)N(CCO)C(=O)C(CCSC)NC(=O)OC(C)(C)C)cc1. The molecule has 0 radical (unpaired) electrons. The van der Waals surface area contributed by atoms with Crippen LogP contribution in [0.1, 0.15) is 49.9 Å². The van der Waals surface area contributed by atoms with Gasteiger partial charge in [-0.25, -0.2) is 4.79 Å². The quantitative estimate of drug-likeness (QED) is 0.352. The van der Waals surface area contributed by atoms with Gasteiger partial charge >= 0.3 is 6.09 Å². The summed E-state index contributed by atoms with van der Waals surface area (Å²) in [7, 11) is 1.56. The van der Waals surface area contributed by atoms with Gasteiger partial charge < -0.3 is 30.1 Å². The Morgan fingerprint density at radius 2 is 1.67 bits per heavy atom. The lowest BCUT2D eigenvalue weighted by atomic mass is 9.93. The molecule has 2 rings (SSSR count). The molecule has 2 atom stereocenters. The fourth-order valence-corrected chi connectivity index (χ4v) is 4.66. The van der Waals surface area contributed by atoms with E-state index in [1.807, 2.05) is 38.3 Å². The van der Waals surface area contributed by atoms with Gasteiger partial charge in [-0.1, -0.05) is 18.2 Å². The van der Waals surface area contributed by atoms with Crippen molar-refractivity contribution in [3.05, 3.63) is 59.2 Å². The van der Waals surface area contributed by atoms with E-state index in [1.54, 1.807) is 52.1 Å². The zero-order valence-corrected chi connectivity index (χ0v) is 24.7. The van der Waals surface area contributed by atoms with Crippen molar-refractivity contribution in [2.45, 2.75) is 58.7 Å². The number of hydrogen-bond donors (Lipinski definition) is 3. The molecule has 3 amide bonds. The molecule has 3 N–H and O–H groups in total. The van der Waals surface area contributed by atoms with Crippen molar-refractivity contribution in [3.63, 3.8) is 0 Å². The van der Waals surface area contributed by atoms with Crippen molar-refractivity contribution in [1.29, 1.82) is 0 Å². The number of alkyl carbamates (subject to hydrolysis) is 1. The number of benzene rings is 2. The van der Waals surface area contributed by atoms with E-state index in [1.165, 1.54) is 16.7 Å². The molecule has 0 aliphatic rings. The summed E-state index contributed by atoms with van der Waals surface area (Å²) < 4.78 is 10.6. The minimum atomic E-state index is -1.06. The van der Waals surface area contributed by atoms with Gasteiger partial charge in [0.05, 0.1) is 13.7 Å². The molecule has 214 valence electrons. The molecule has 2 aromatic rings. The molecule has 2 aromatic carbocycles. The number of thioether (sulfide) groups is 1. The number of aryl methyl sites for hydroxylation is 2. The van der Waals surface area contributed by atoms with Gasteiger partial charge in [0.2, 0.25) is 5.91 Å². The van der Waals surface area contributed by atoms with Crippen LogP contribution in [0.25, 0.3) is 0 Å². The smallest absolute Gasteiger partial charge is 0.408 e. The summed E-state index contributed by atoms with van der Waals surface area (Å²) in [4.78, 5) is 41.9. The highest BCUT2D eigenvalue weighted by Gasteiger charge is 2.37. The first-order valence-corrected chi connectivity index (χ1v) is 14.2. The molecule has 0 saturated carbocycles. The average Bonchev–Trinajstić information content (AvgIpc) is 2.86. The molecule has 39 heavy (non-hydrogen) atoms. The Morgan fingerprint density at radius 1 is 1.05 bits per heavy atom. The Bertz CT molecular complexity index is 1100. The first kappa shape index (κ1) is 32.0. The third kappa shape index (κ3) is 9.47. The number of aliphatic hydroxyl groups is 1. The molecule has 0 saturated heterocycles. The van der Waals surface area contributed by atoms with Crippen LogP contribution >= 0.6 is 11.8 Å². The van der Waals surface area contributed by atoms with Gasteiger partial charge in [0, 0.05) is 12.2 Å². The predicted molar refractivity (Wildman–Crippen MR) is 155 cm³/mol. The number of carbonyl (C=O) groups excluding carboxylic acids is 3. The first-order chi connectivity index (χ1) is 18.4. The molecule has 0 bridgehead atoms. The van der Waals surface area contributed by atoms with Gasteiger partial charge in [0.25, 0.3) is 5.91 Å². The zero-order valence-electron chi connectivity index (χ0n) is 23.9. The fraction of sp³-hybridized carbons (Fsp3) is 0.483. The number of nitrogens with one attached hydrogen (secondary N) is 2. The number of carbonyl (C=O) groups is 3. The second-order valence-electron chi connectivity index (χ2n) is 10.2. The van der Waals surface area contributed by atoms with Gasteiger partial charge in [-0.05, 0) is 94.0 Å². The maximum atomic E-state index is 14.1. The van der Waals surface area contributed by atoms with Crippen molar-refractivity contribution in [2.75, 3.05) is 37.6 Å². The molecule has 0 fully saturated rings. The highest BCUT2D eigenvalue weighted by molar-refractivity contribution is 7.98. The summed E-state index contributed by atoms with van der Waals surface area (Å²) in [5.74, 6) is 0.300. The Morgan fingerprint density at radius 3 is 2.18 bits per heavy atom. The number of nitrogens with zero attached hydrogens (tertiary/aromatic N) is 1. The average molecular weight is 560 g/mol.